The molecule has 0 spiro atoms. The number of carboxylic acid groups (broad SMARTS) is 1. The second-order valence-electron chi connectivity index (χ2n) is 6.15. The molecule has 0 saturated carbocycles. The summed E-state index contributed by atoms with van der Waals surface area (Å²) in [6, 6.07) is 5.08. The fourth-order valence-corrected chi connectivity index (χ4v) is 3.10. The number of aliphatic carboxylic acids is 1. The van der Waals surface area contributed by atoms with Crippen molar-refractivity contribution in [1.29, 1.82) is 0 Å². The van der Waals surface area contributed by atoms with Crippen molar-refractivity contribution in [2.24, 2.45) is 0 Å². The fraction of sp³-hybridized carbons (Fsp3) is 0.412. The Labute approximate surface area is 149 Å². The van der Waals surface area contributed by atoms with Crippen molar-refractivity contribution in [3.63, 3.8) is 0 Å². The molecule has 0 radical (unpaired) electrons. The van der Waals surface area contributed by atoms with Crippen molar-refractivity contribution in [2.45, 2.75) is 25.7 Å². The first-order valence-electron chi connectivity index (χ1n) is 8.01. The van der Waals surface area contributed by atoms with Crippen LogP contribution in [0.25, 0.3) is 0 Å². The Kier molecular flexibility index (Phi) is 4.64. The molecule has 1 N–H and O–H groups in total. The number of anilines is 1. The van der Waals surface area contributed by atoms with Crippen molar-refractivity contribution in [2.75, 3.05) is 25.1 Å². The predicted molar refractivity (Wildman–Crippen MR) is 87.5 cm³/mol. The van der Waals surface area contributed by atoms with E-state index in [9.17, 15) is 24.3 Å². The lowest BCUT2D eigenvalue weighted by Gasteiger charge is -2.34. The number of morpholine rings is 1. The van der Waals surface area contributed by atoms with Gasteiger partial charge in [-0.3, -0.25) is 14.4 Å². The van der Waals surface area contributed by atoms with Gasteiger partial charge in [-0.1, -0.05) is 6.07 Å². The second-order valence-corrected chi connectivity index (χ2v) is 6.15. The van der Waals surface area contributed by atoms with E-state index in [1.807, 2.05) is 0 Å². The van der Waals surface area contributed by atoms with Crippen molar-refractivity contribution in [1.82, 2.24) is 4.90 Å². The van der Waals surface area contributed by atoms with E-state index in [4.69, 9.17) is 9.47 Å². The lowest BCUT2D eigenvalue weighted by Crippen LogP contribution is -2.55. The summed E-state index contributed by atoms with van der Waals surface area (Å²) in [4.78, 5) is 50.3. The lowest BCUT2D eigenvalue weighted by atomic mass is 10.1. The van der Waals surface area contributed by atoms with Crippen LogP contribution in [0, 0.1) is 0 Å². The zero-order valence-electron chi connectivity index (χ0n) is 14.3. The predicted octanol–water partition coefficient (Wildman–Crippen LogP) is 0.0203. The highest BCUT2D eigenvalue weighted by Gasteiger charge is 2.42. The van der Waals surface area contributed by atoms with Crippen LogP contribution < -0.4 is 4.90 Å². The second kappa shape index (κ2) is 6.75. The highest BCUT2D eigenvalue weighted by Crippen LogP contribution is 2.28. The van der Waals surface area contributed by atoms with Gasteiger partial charge < -0.3 is 24.4 Å². The van der Waals surface area contributed by atoms with Crippen molar-refractivity contribution in [3.05, 3.63) is 29.3 Å². The van der Waals surface area contributed by atoms with Gasteiger partial charge in [0.15, 0.2) is 6.10 Å². The molecule has 0 aliphatic carbocycles. The van der Waals surface area contributed by atoms with E-state index in [0.29, 0.717) is 17.8 Å². The van der Waals surface area contributed by atoms with Crippen LogP contribution in [0.4, 0.5) is 5.69 Å². The Bertz CT molecular complexity index is 791. The molecule has 26 heavy (non-hydrogen) atoms. The number of carbonyl (C=O) groups excluding carboxylic acids is 3. The van der Waals surface area contributed by atoms with Crippen LogP contribution in [-0.4, -0.2) is 66.2 Å². The van der Waals surface area contributed by atoms with Gasteiger partial charge in [0.2, 0.25) is 6.10 Å². The maximum Gasteiger partial charge on any atom is 0.348 e. The third-order valence-corrected chi connectivity index (χ3v) is 4.32. The molecule has 0 bridgehead atoms. The molecule has 2 heterocycles. The third kappa shape index (κ3) is 3.13. The molecular weight excluding hydrogens is 344 g/mol. The SMILES string of the molecule is CC(=O)OC(C(=O)O)C1OCCN(c2ccc3c(c2)C(=O)N(C)C3)C1=O. The lowest BCUT2D eigenvalue weighted by molar-refractivity contribution is -0.177. The number of hydrogen-bond donors (Lipinski definition) is 1. The normalized spacial score (nSPS) is 20.8. The average molecular weight is 362 g/mol. The van der Waals surface area contributed by atoms with Gasteiger partial charge in [0, 0.05) is 38.3 Å². The van der Waals surface area contributed by atoms with Crippen LogP contribution in [0.3, 0.4) is 0 Å². The first kappa shape index (κ1) is 17.9. The zero-order chi connectivity index (χ0) is 19.0. The van der Waals surface area contributed by atoms with Crippen molar-refractivity contribution in [3.8, 4) is 0 Å². The van der Waals surface area contributed by atoms with Crippen LogP contribution in [0.5, 0.6) is 0 Å². The first-order chi connectivity index (χ1) is 12.3. The van der Waals surface area contributed by atoms with E-state index in [-0.39, 0.29) is 19.1 Å². The number of carbonyl (C=O) groups is 4. The van der Waals surface area contributed by atoms with Crippen molar-refractivity contribution >= 4 is 29.4 Å². The van der Waals surface area contributed by atoms with Gasteiger partial charge in [-0.05, 0) is 17.7 Å². The van der Waals surface area contributed by atoms with Crippen LogP contribution >= 0.6 is 0 Å². The van der Waals surface area contributed by atoms with E-state index in [1.165, 1.54) is 4.90 Å². The maximum atomic E-state index is 12.8. The van der Waals surface area contributed by atoms with Crippen LogP contribution in [0.1, 0.15) is 22.8 Å². The number of nitrogens with zero attached hydrogens (tertiary/aromatic N) is 2. The molecule has 9 nitrogen and oxygen atoms in total. The maximum absolute atomic E-state index is 12.8. The van der Waals surface area contributed by atoms with Crippen molar-refractivity contribution < 1.29 is 33.8 Å². The van der Waals surface area contributed by atoms with Gasteiger partial charge in [-0.25, -0.2) is 4.79 Å². The summed E-state index contributed by atoms with van der Waals surface area (Å²) in [5.41, 5.74) is 1.84. The molecule has 1 aromatic rings. The minimum Gasteiger partial charge on any atom is -0.478 e. The Morgan fingerprint density at radius 2 is 2.08 bits per heavy atom. The third-order valence-electron chi connectivity index (χ3n) is 4.32. The quantitative estimate of drug-likeness (QED) is 0.751. The van der Waals surface area contributed by atoms with Gasteiger partial charge in [0.1, 0.15) is 0 Å². The molecule has 2 unspecified atom stereocenters. The number of esters is 1. The Morgan fingerprint density at radius 1 is 1.35 bits per heavy atom. The van der Waals surface area contributed by atoms with Crippen LogP contribution in [0.2, 0.25) is 0 Å². The zero-order valence-corrected chi connectivity index (χ0v) is 14.3. The Hall–Kier alpha value is -2.94. The number of amides is 2. The van der Waals surface area contributed by atoms with Gasteiger partial charge in [0.25, 0.3) is 11.8 Å². The van der Waals surface area contributed by atoms with Crippen LogP contribution in [-0.2, 0) is 30.4 Å². The molecule has 2 amide bonds. The molecule has 2 aliphatic rings. The summed E-state index contributed by atoms with van der Waals surface area (Å²) < 4.78 is 10.0. The van der Waals surface area contributed by atoms with E-state index < -0.39 is 30.1 Å². The number of hydrogen-bond acceptors (Lipinski definition) is 6. The van der Waals surface area contributed by atoms with E-state index in [0.717, 1.165) is 12.5 Å². The monoisotopic (exact) mass is 362 g/mol. The van der Waals surface area contributed by atoms with Gasteiger partial charge in [-0.2, -0.15) is 0 Å². The Balaban J connectivity index is 1.88. The number of benzene rings is 1. The minimum absolute atomic E-state index is 0.0758. The van der Waals surface area contributed by atoms with E-state index in [1.54, 1.807) is 30.1 Å². The van der Waals surface area contributed by atoms with Crippen LogP contribution in [0.15, 0.2) is 18.2 Å². The molecule has 1 fully saturated rings. The molecule has 2 atom stereocenters. The fourth-order valence-electron chi connectivity index (χ4n) is 3.10. The topological polar surface area (TPSA) is 113 Å². The number of carboxylic acids is 1. The molecule has 0 aromatic heterocycles. The summed E-state index contributed by atoms with van der Waals surface area (Å²) >= 11 is 0. The number of fused-ring (bicyclic) bond motifs is 1. The standard InChI is InChI=1S/C17H18N2O7/c1-9(20)26-14(17(23)24)13-16(22)19(5-6-25-13)11-4-3-10-8-18(2)15(21)12(10)7-11/h3-4,7,13-14H,5-6,8H2,1-2H3,(H,23,24). The Morgan fingerprint density at radius 3 is 2.73 bits per heavy atom. The summed E-state index contributed by atoms with van der Waals surface area (Å²) in [5, 5.41) is 9.26. The molecule has 2 aliphatic heterocycles. The largest absolute Gasteiger partial charge is 0.478 e. The molecule has 138 valence electrons. The number of rotatable bonds is 4. The highest BCUT2D eigenvalue weighted by atomic mass is 16.6. The molecule has 1 saturated heterocycles. The van der Waals surface area contributed by atoms with E-state index in [2.05, 4.69) is 0 Å². The minimum atomic E-state index is -1.73. The average Bonchev–Trinajstić information content (AvgIpc) is 2.87. The first-order valence-corrected chi connectivity index (χ1v) is 8.01. The van der Waals surface area contributed by atoms with E-state index >= 15 is 0 Å². The molecular formula is C17H18N2O7. The number of ether oxygens (including phenoxy) is 2. The van der Waals surface area contributed by atoms with Gasteiger partial charge >= 0.3 is 11.9 Å². The highest BCUT2D eigenvalue weighted by molar-refractivity contribution is 6.03. The van der Waals surface area contributed by atoms with Gasteiger partial charge in [0.05, 0.1) is 6.61 Å². The summed E-state index contributed by atoms with van der Waals surface area (Å²) in [6.45, 7) is 1.84. The summed E-state index contributed by atoms with van der Waals surface area (Å²) in [6.07, 6.45) is -3.18. The summed E-state index contributed by atoms with van der Waals surface area (Å²) in [7, 11) is 1.69. The molecule has 9 heteroatoms. The molecule has 3 rings (SSSR count). The summed E-state index contributed by atoms with van der Waals surface area (Å²) in [5.74, 6) is -3.06. The molecule has 1 aromatic carbocycles. The smallest absolute Gasteiger partial charge is 0.348 e. The van der Waals surface area contributed by atoms with Gasteiger partial charge in [-0.15, -0.1) is 0 Å².